The van der Waals surface area contributed by atoms with Crippen LogP contribution in [0.15, 0.2) is 30.3 Å². The van der Waals surface area contributed by atoms with Crippen molar-refractivity contribution in [2.24, 2.45) is 7.05 Å². The molecule has 0 spiro atoms. The Balaban J connectivity index is 2.00. The molecule has 2 N–H and O–H groups in total. The lowest BCUT2D eigenvalue weighted by molar-refractivity contribution is -0.117. The van der Waals surface area contributed by atoms with Gasteiger partial charge in [-0.05, 0) is 32.8 Å². The van der Waals surface area contributed by atoms with Gasteiger partial charge in [0, 0.05) is 18.8 Å². The van der Waals surface area contributed by atoms with E-state index in [1.807, 2.05) is 30.3 Å². The number of aromatic nitrogens is 2. The van der Waals surface area contributed by atoms with E-state index in [1.54, 1.807) is 32.5 Å². The minimum Gasteiger partial charge on any atom is -0.388 e. The molecule has 6 heteroatoms. The second kappa shape index (κ2) is 7.40. The van der Waals surface area contributed by atoms with Crippen molar-refractivity contribution in [1.82, 2.24) is 15.1 Å². The summed E-state index contributed by atoms with van der Waals surface area (Å²) in [6, 6.07) is 8.88. The molecule has 6 nitrogen and oxygen atoms in total. The number of benzene rings is 1. The molecule has 24 heavy (non-hydrogen) atoms. The lowest BCUT2D eigenvalue weighted by atomic mass is 10.0. The zero-order valence-corrected chi connectivity index (χ0v) is 14.4. The number of aliphatic hydroxyl groups excluding tert-OH is 1. The summed E-state index contributed by atoms with van der Waals surface area (Å²) >= 11 is 0. The summed E-state index contributed by atoms with van der Waals surface area (Å²) in [5, 5.41) is 17.0. The number of hydrogen-bond donors (Lipinski definition) is 2. The Bertz CT molecular complexity index is 737. The van der Waals surface area contributed by atoms with Crippen LogP contribution in [0.4, 0.5) is 0 Å². The molecule has 1 aromatic heterocycles. The summed E-state index contributed by atoms with van der Waals surface area (Å²) in [5.74, 6) is -1.28. The quantitative estimate of drug-likeness (QED) is 0.626. The van der Waals surface area contributed by atoms with Crippen molar-refractivity contribution in [3.05, 3.63) is 52.8 Å². The van der Waals surface area contributed by atoms with Gasteiger partial charge in [0.2, 0.25) is 0 Å². The van der Waals surface area contributed by atoms with Crippen molar-refractivity contribution in [2.45, 2.75) is 39.3 Å². The first-order valence-corrected chi connectivity index (χ1v) is 7.89. The first-order valence-electron chi connectivity index (χ1n) is 7.89. The molecular weight excluding hydrogens is 306 g/mol. The van der Waals surface area contributed by atoms with Crippen molar-refractivity contribution >= 4 is 11.7 Å². The fourth-order valence-electron chi connectivity index (χ4n) is 2.71. The van der Waals surface area contributed by atoms with Gasteiger partial charge in [0.15, 0.2) is 0 Å². The number of carbonyl (C=O) groups excluding carboxylic acids is 2. The summed E-state index contributed by atoms with van der Waals surface area (Å²) in [6.07, 6.45) is -0.368. The molecule has 1 heterocycles. The Morgan fingerprint density at radius 3 is 2.42 bits per heavy atom. The zero-order chi connectivity index (χ0) is 17.9. The molecule has 0 aliphatic carbocycles. The highest BCUT2D eigenvalue weighted by Gasteiger charge is 2.25. The van der Waals surface area contributed by atoms with Gasteiger partial charge in [0.05, 0.1) is 17.4 Å². The monoisotopic (exact) mass is 329 g/mol. The van der Waals surface area contributed by atoms with Gasteiger partial charge in [0.25, 0.3) is 11.7 Å². The first-order chi connectivity index (χ1) is 11.3. The second-order valence-electron chi connectivity index (χ2n) is 6.04. The zero-order valence-electron chi connectivity index (χ0n) is 14.4. The van der Waals surface area contributed by atoms with Crippen molar-refractivity contribution < 1.29 is 14.7 Å². The van der Waals surface area contributed by atoms with E-state index in [1.165, 1.54) is 0 Å². The maximum absolute atomic E-state index is 12.4. The molecule has 0 fully saturated rings. The van der Waals surface area contributed by atoms with Crippen molar-refractivity contribution in [2.75, 3.05) is 0 Å². The standard InChI is InChI=1S/C18H23N3O3/c1-11(10-15(22)14-8-6-5-7-9-14)19-18(24)17(23)16-12(2)20-21(4)13(16)3/h5-9,11,15,22H,10H2,1-4H3,(H,19,24). The van der Waals surface area contributed by atoms with Crippen LogP contribution in [0.3, 0.4) is 0 Å². The van der Waals surface area contributed by atoms with E-state index in [0.29, 0.717) is 23.4 Å². The average Bonchev–Trinajstić information content (AvgIpc) is 2.80. The molecule has 2 aromatic rings. The minimum absolute atomic E-state index is 0.327. The van der Waals surface area contributed by atoms with Gasteiger partial charge in [-0.25, -0.2) is 0 Å². The number of hydrogen-bond acceptors (Lipinski definition) is 4. The van der Waals surface area contributed by atoms with E-state index in [0.717, 1.165) is 5.56 Å². The normalized spacial score (nSPS) is 13.4. The van der Waals surface area contributed by atoms with Gasteiger partial charge in [-0.15, -0.1) is 0 Å². The fourth-order valence-corrected chi connectivity index (χ4v) is 2.71. The summed E-state index contributed by atoms with van der Waals surface area (Å²) in [7, 11) is 1.73. The number of Topliss-reactive ketones (excluding diaryl/α,β-unsaturated/α-hetero) is 1. The summed E-state index contributed by atoms with van der Waals surface area (Å²) in [6.45, 7) is 5.22. The molecule has 0 aliphatic rings. The van der Waals surface area contributed by atoms with Crippen LogP contribution in [-0.2, 0) is 11.8 Å². The predicted octanol–water partition coefficient (Wildman–Crippen LogP) is 1.85. The molecule has 0 saturated heterocycles. The lowest BCUT2D eigenvalue weighted by Gasteiger charge is -2.18. The van der Waals surface area contributed by atoms with Crippen LogP contribution in [0, 0.1) is 13.8 Å². The van der Waals surface area contributed by atoms with Crippen LogP contribution in [0.5, 0.6) is 0 Å². The highest BCUT2D eigenvalue weighted by atomic mass is 16.3. The molecule has 2 rings (SSSR count). The number of ketones is 1. The Labute approximate surface area is 141 Å². The minimum atomic E-state index is -0.696. The molecule has 0 aliphatic heterocycles. The maximum atomic E-state index is 12.4. The summed E-state index contributed by atoms with van der Waals surface area (Å²) in [4.78, 5) is 24.6. The van der Waals surface area contributed by atoms with E-state index in [9.17, 15) is 14.7 Å². The Morgan fingerprint density at radius 1 is 1.25 bits per heavy atom. The van der Waals surface area contributed by atoms with Gasteiger partial charge >= 0.3 is 0 Å². The smallest absolute Gasteiger partial charge is 0.292 e. The van der Waals surface area contributed by atoms with Crippen LogP contribution in [-0.4, -0.2) is 32.6 Å². The van der Waals surface area contributed by atoms with Crippen molar-refractivity contribution in [3.8, 4) is 0 Å². The van der Waals surface area contributed by atoms with Crippen LogP contribution < -0.4 is 5.32 Å². The number of nitrogens with zero attached hydrogens (tertiary/aromatic N) is 2. The van der Waals surface area contributed by atoms with E-state index in [-0.39, 0.29) is 6.04 Å². The number of carbonyl (C=O) groups is 2. The fraction of sp³-hybridized carbons (Fsp3) is 0.389. The van der Waals surface area contributed by atoms with Crippen molar-refractivity contribution in [1.29, 1.82) is 0 Å². The second-order valence-corrected chi connectivity index (χ2v) is 6.04. The van der Waals surface area contributed by atoms with Crippen molar-refractivity contribution in [3.63, 3.8) is 0 Å². The Hall–Kier alpha value is -2.47. The maximum Gasteiger partial charge on any atom is 0.292 e. The molecule has 1 aromatic carbocycles. The predicted molar refractivity (Wildman–Crippen MR) is 90.6 cm³/mol. The van der Waals surface area contributed by atoms with Gasteiger partial charge in [-0.1, -0.05) is 30.3 Å². The number of nitrogens with one attached hydrogen (secondary N) is 1. The van der Waals surface area contributed by atoms with Gasteiger partial charge in [-0.2, -0.15) is 5.10 Å². The molecule has 0 saturated carbocycles. The molecule has 2 atom stereocenters. The van der Waals surface area contributed by atoms with Crippen LogP contribution in [0.2, 0.25) is 0 Å². The molecule has 0 bridgehead atoms. The van der Waals surface area contributed by atoms with E-state index in [2.05, 4.69) is 10.4 Å². The third-order valence-corrected chi connectivity index (χ3v) is 4.08. The first kappa shape index (κ1) is 17.9. The average molecular weight is 329 g/mol. The largest absolute Gasteiger partial charge is 0.388 e. The molecule has 2 unspecified atom stereocenters. The van der Waals surface area contributed by atoms with E-state index < -0.39 is 17.8 Å². The molecular formula is C18H23N3O3. The Kier molecular flexibility index (Phi) is 5.51. The topological polar surface area (TPSA) is 84.2 Å². The number of rotatable bonds is 6. The molecule has 1 amide bonds. The number of amides is 1. The van der Waals surface area contributed by atoms with Crippen LogP contribution >= 0.6 is 0 Å². The van der Waals surface area contributed by atoms with E-state index in [4.69, 9.17) is 0 Å². The SMILES string of the molecule is Cc1nn(C)c(C)c1C(=O)C(=O)NC(C)CC(O)c1ccccc1. The van der Waals surface area contributed by atoms with E-state index >= 15 is 0 Å². The highest BCUT2D eigenvalue weighted by molar-refractivity contribution is 6.43. The van der Waals surface area contributed by atoms with Crippen LogP contribution in [0.1, 0.15) is 46.8 Å². The number of aryl methyl sites for hydroxylation is 2. The summed E-state index contributed by atoms with van der Waals surface area (Å²) in [5.41, 5.74) is 2.31. The molecule has 0 radical (unpaired) electrons. The third-order valence-electron chi connectivity index (χ3n) is 4.08. The Morgan fingerprint density at radius 2 is 1.88 bits per heavy atom. The lowest BCUT2D eigenvalue weighted by Crippen LogP contribution is -2.38. The van der Waals surface area contributed by atoms with Gasteiger partial charge in [-0.3, -0.25) is 14.3 Å². The summed E-state index contributed by atoms with van der Waals surface area (Å²) < 4.78 is 1.58. The van der Waals surface area contributed by atoms with Gasteiger partial charge < -0.3 is 10.4 Å². The third kappa shape index (κ3) is 3.89. The highest BCUT2D eigenvalue weighted by Crippen LogP contribution is 2.18. The molecule has 128 valence electrons. The van der Waals surface area contributed by atoms with Crippen LogP contribution in [0.25, 0.3) is 0 Å². The van der Waals surface area contributed by atoms with Gasteiger partial charge in [0.1, 0.15) is 0 Å². The number of aliphatic hydroxyl groups is 1.